The van der Waals surface area contributed by atoms with E-state index in [0.29, 0.717) is 0 Å². The van der Waals surface area contributed by atoms with E-state index in [0.717, 1.165) is 22.2 Å². The summed E-state index contributed by atoms with van der Waals surface area (Å²) in [6, 6.07) is 9.84. The summed E-state index contributed by atoms with van der Waals surface area (Å²) in [5, 5.41) is 16.1. The maximum Gasteiger partial charge on any atom is 0.322 e. The SMILES string of the molecule is Cn1nccc1-c1ccc2ccn(CC(=O)NCC(=O)O)c2c1. The van der Waals surface area contributed by atoms with Gasteiger partial charge in [-0.25, -0.2) is 0 Å². The first-order valence-corrected chi connectivity index (χ1v) is 7.10. The van der Waals surface area contributed by atoms with Crippen LogP contribution < -0.4 is 5.32 Å². The van der Waals surface area contributed by atoms with Gasteiger partial charge in [-0.3, -0.25) is 14.3 Å². The van der Waals surface area contributed by atoms with Gasteiger partial charge < -0.3 is 15.0 Å². The van der Waals surface area contributed by atoms with Crippen LogP contribution in [0.1, 0.15) is 0 Å². The molecule has 2 heterocycles. The van der Waals surface area contributed by atoms with Crippen molar-refractivity contribution < 1.29 is 14.7 Å². The Morgan fingerprint density at radius 3 is 2.78 bits per heavy atom. The number of carbonyl (C=O) groups is 2. The van der Waals surface area contributed by atoms with E-state index in [1.54, 1.807) is 15.4 Å². The number of amides is 1. The van der Waals surface area contributed by atoms with E-state index in [9.17, 15) is 9.59 Å². The Balaban J connectivity index is 1.88. The van der Waals surface area contributed by atoms with Crippen LogP contribution in [0.3, 0.4) is 0 Å². The molecule has 7 heteroatoms. The molecule has 1 amide bonds. The normalized spacial score (nSPS) is 10.8. The third-order valence-corrected chi connectivity index (χ3v) is 3.64. The minimum atomic E-state index is -1.06. The quantitative estimate of drug-likeness (QED) is 0.742. The Hall–Kier alpha value is -3.09. The summed E-state index contributed by atoms with van der Waals surface area (Å²) >= 11 is 0. The molecule has 0 radical (unpaired) electrons. The highest BCUT2D eigenvalue weighted by molar-refractivity contribution is 5.87. The molecule has 0 spiro atoms. The fraction of sp³-hybridized carbons (Fsp3) is 0.188. The lowest BCUT2D eigenvalue weighted by Crippen LogP contribution is -2.31. The molecule has 2 aromatic heterocycles. The molecule has 23 heavy (non-hydrogen) atoms. The van der Waals surface area contributed by atoms with Gasteiger partial charge in [0.25, 0.3) is 0 Å². The molecular weight excluding hydrogens is 296 g/mol. The van der Waals surface area contributed by atoms with Crippen molar-refractivity contribution in [1.29, 1.82) is 0 Å². The molecule has 0 unspecified atom stereocenters. The second-order valence-corrected chi connectivity index (χ2v) is 5.23. The fourth-order valence-corrected chi connectivity index (χ4v) is 2.52. The third-order valence-electron chi connectivity index (χ3n) is 3.64. The molecule has 0 aliphatic heterocycles. The van der Waals surface area contributed by atoms with E-state index in [2.05, 4.69) is 10.4 Å². The van der Waals surface area contributed by atoms with Crippen LogP contribution in [0.4, 0.5) is 0 Å². The van der Waals surface area contributed by atoms with Crippen molar-refractivity contribution in [3.8, 4) is 11.3 Å². The van der Waals surface area contributed by atoms with Crippen LogP contribution in [0.5, 0.6) is 0 Å². The molecule has 118 valence electrons. The first-order valence-electron chi connectivity index (χ1n) is 7.10. The lowest BCUT2D eigenvalue weighted by Gasteiger charge is -2.07. The number of nitrogens with one attached hydrogen (secondary N) is 1. The van der Waals surface area contributed by atoms with Gasteiger partial charge in [-0.1, -0.05) is 12.1 Å². The second kappa shape index (κ2) is 5.96. The number of aromatic nitrogens is 3. The largest absolute Gasteiger partial charge is 0.480 e. The highest BCUT2D eigenvalue weighted by Gasteiger charge is 2.10. The third kappa shape index (κ3) is 3.08. The number of aryl methyl sites for hydroxylation is 1. The van der Waals surface area contributed by atoms with Crippen LogP contribution in [0.15, 0.2) is 42.7 Å². The van der Waals surface area contributed by atoms with Gasteiger partial charge >= 0.3 is 5.97 Å². The summed E-state index contributed by atoms with van der Waals surface area (Å²) in [5.74, 6) is -1.40. The zero-order valence-electron chi connectivity index (χ0n) is 12.6. The highest BCUT2D eigenvalue weighted by atomic mass is 16.4. The standard InChI is InChI=1S/C16H16N4O3/c1-19-13(4-6-18-19)12-3-2-11-5-7-20(14(11)8-12)10-15(21)17-9-16(22)23/h2-8H,9-10H2,1H3,(H,17,21)(H,22,23). The van der Waals surface area contributed by atoms with Crippen LogP contribution in [-0.4, -0.2) is 37.9 Å². The first-order chi connectivity index (χ1) is 11.0. The molecule has 0 bridgehead atoms. The van der Waals surface area contributed by atoms with Crippen LogP contribution in [0.25, 0.3) is 22.2 Å². The smallest absolute Gasteiger partial charge is 0.322 e. The maximum atomic E-state index is 11.8. The number of benzene rings is 1. The Kier molecular flexibility index (Phi) is 3.84. The Labute approximate surface area is 132 Å². The predicted octanol–water partition coefficient (Wildman–Crippen LogP) is 1.24. The van der Waals surface area contributed by atoms with Crippen molar-refractivity contribution in [1.82, 2.24) is 19.7 Å². The second-order valence-electron chi connectivity index (χ2n) is 5.23. The van der Waals surface area contributed by atoms with Gasteiger partial charge in [0, 0.05) is 30.5 Å². The average molecular weight is 312 g/mol. The number of carbonyl (C=O) groups excluding carboxylic acids is 1. The summed E-state index contributed by atoms with van der Waals surface area (Å²) in [4.78, 5) is 22.3. The zero-order valence-corrected chi connectivity index (χ0v) is 12.6. The van der Waals surface area contributed by atoms with E-state index in [4.69, 9.17) is 5.11 Å². The van der Waals surface area contributed by atoms with Crippen LogP contribution in [0.2, 0.25) is 0 Å². The van der Waals surface area contributed by atoms with Gasteiger partial charge in [0.1, 0.15) is 13.1 Å². The molecule has 7 nitrogen and oxygen atoms in total. The molecule has 0 atom stereocenters. The number of rotatable bonds is 5. The molecule has 3 rings (SSSR count). The molecule has 0 aliphatic rings. The van der Waals surface area contributed by atoms with Crippen molar-refractivity contribution in [2.75, 3.05) is 6.54 Å². The number of hydrogen-bond donors (Lipinski definition) is 2. The van der Waals surface area contributed by atoms with Crippen molar-refractivity contribution in [2.45, 2.75) is 6.54 Å². The Bertz CT molecular complexity index is 878. The van der Waals surface area contributed by atoms with Gasteiger partial charge in [0.2, 0.25) is 5.91 Å². The predicted molar refractivity (Wildman–Crippen MR) is 84.8 cm³/mol. The number of fused-ring (bicyclic) bond motifs is 1. The topological polar surface area (TPSA) is 89.2 Å². The maximum absolute atomic E-state index is 11.8. The van der Waals surface area contributed by atoms with Gasteiger partial charge in [0.05, 0.1) is 5.69 Å². The monoisotopic (exact) mass is 312 g/mol. The number of carboxylic acid groups (broad SMARTS) is 1. The Morgan fingerprint density at radius 1 is 1.26 bits per heavy atom. The van der Waals surface area contributed by atoms with Crippen molar-refractivity contribution in [3.05, 3.63) is 42.7 Å². The van der Waals surface area contributed by atoms with Crippen molar-refractivity contribution in [3.63, 3.8) is 0 Å². The first kappa shape index (κ1) is 14.8. The Morgan fingerprint density at radius 2 is 2.09 bits per heavy atom. The van der Waals surface area contributed by atoms with E-state index in [1.807, 2.05) is 43.6 Å². The highest BCUT2D eigenvalue weighted by Crippen LogP contribution is 2.24. The molecule has 1 aromatic carbocycles. The molecule has 0 aliphatic carbocycles. The fourth-order valence-electron chi connectivity index (χ4n) is 2.52. The summed E-state index contributed by atoms with van der Waals surface area (Å²) in [5.41, 5.74) is 2.90. The molecule has 0 fully saturated rings. The molecule has 2 N–H and O–H groups in total. The summed E-state index contributed by atoms with van der Waals surface area (Å²) in [6.45, 7) is -0.302. The van der Waals surface area contributed by atoms with E-state index < -0.39 is 5.97 Å². The minimum Gasteiger partial charge on any atom is -0.480 e. The van der Waals surface area contributed by atoms with Gasteiger partial charge in [-0.15, -0.1) is 0 Å². The number of hydrogen-bond acceptors (Lipinski definition) is 3. The van der Waals surface area contributed by atoms with Crippen LogP contribution in [0, 0.1) is 0 Å². The van der Waals surface area contributed by atoms with Crippen molar-refractivity contribution in [2.24, 2.45) is 7.05 Å². The lowest BCUT2D eigenvalue weighted by atomic mass is 10.1. The lowest BCUT2D eigenvalue weighted by molar-refractivity contribution is -0.138. The average Bonchev–Trinajstić information content (AvgIpc) is 3.11. The van der Waals surface area contributed by atoms with Gasteiger partial charge in [0.15, 0.2) is 0 Å². The molecule has 0 saturated heterocycles. The molecular formula is C16H16N4O3. The van der Waals surface area contributed by atoms with E-state index >= 15 is 0 Å². The number of nitrogens with zero attached hydrogens (tertiary/aromatic N) is 3. The zero-order chi connectivity index (χ0) is 16.4. The summed E-state index contributed by atoms with van der Waals surface area (Å²) < 4.78 is 3.58. The van der Waals surface area contributed by atoms with Crippen molar-refractivity contribution >= 4 is 22.8 Å². The molecule has 3 aromatic rings. The summed E-state index contributed by atoms with van der Waals surface area (Å²) in [6.07, 6.45) is 3.55. The number of aliphatic carboxylic acids is 1. The number of carboxylic acids is 1. The van der Waals surface area contributed by atoms with Crippen LogP contribution in [-0.2, 0) is 23.2 Å². The minimum absolute atomic E-state index is 0.0750. The van der Waals surface area contributed by atoms with E-state index in [1.165, 1.54) is 0 Å². The van der Waals surface area contributed by atoms with Gasteiger partial charge in [-0.05, 0) is 23.6 Å². The van der Waals surface area contributed by atoms with Gasteiger partial charge in [-0.2, -0.15) is 5.10 Å². The summed E-state index contributed by atoms with van der Waals surface area (Å²) in [7, 11) is 1.87. The van der Waals surface area contributed by atoms with E-state index in [-0.39, 0.29) is 19.0 Å². The molecule has 0 saturated carbocycles. The van der Waals surface area contributed by atoms with Crippen LogP contribution >= 0.6 is 0 Å².